The normalized spacial score (nSPS) is 11.1. The van der Waals surface area contributed by atoms with Crippen molar-refractivity contribution in [1.82, 2.24) is 9.97 Å². The standard InChI is InChI=1S/C18H11FN2/c19-13-5-3-12(4-6-13)16-8-7-15-14-2-1-11-20-17(14)9-10-18(15)21-16/h1-11H. The molecule has 0 bridgehead atoms. The van der Waals surface area contributed by atoms with E-state index in [1.165, 1.54) is 12.1 Å². The number of aromatic nitrogens is 2. The predicted octanol–water partition coefficient (Wildman–Crippen LogP) is 4.59. The van der Waals surface area contributed by atoms with E-state index in [1.807, 2.05) is 36.4 Å². The minimum Gasteiger partial charge on any atom is -0.256 e. The number of pyridine rings is 2. The highest BCUT2D eigenvalue weighted by atomic mass is 19.1. The van der Waals surface area contributed by atoms with Gasteiger partial charge in [0.15, 0.2) is 0 Å². The summed E-state index contributed by atoms with van der Waals surface area (Å²) in [5.74, 6) is -0.239. The predicted molar refractivity (Wildman–Crippen MR) is 82.4 cm³/mol. The van der Waals surface area contributed by atoms with Crippen LogP contribution in [0.2, 0.25) is 0 Å². The molecule has 2 nitrogen and oxygen atoms in total. The maximum absolute atomic E-state index is 13.0. The molecule has 3 heteroatoms. The molecule has 100 valence electrons. The third-order valence-corrected chi connectivity index (χ3v) is 3.59. The van der Waals surface area contributed by atoms with Crippen molar-refractivity contribution < 1.29 is 4.39 Å². The maximum atomic E-state index is 13.0. The Morgan fingerprint density at radius 1 is 0.714 bits per heavy atom. The zero-order valence-electron chi connectivity index (χ0n) is 11.1. The first-order chi connectivity index (χ1) is 10.3. The van der Waals surface area contributed by atoms with Crippen LogP contribution in [0, 0.1) is 5.82 Å². The van der Waals surface area contributed by atoms with E-state index in [1.54, 1.807) is 18.3 Å². The highest BCUT2D eigenvalue weighted by molar-refractivity contribution is 6.05. The van der Waals surface area contributed by atoms with Crippen molar-refractivity contribution in [2.75, 3.05) is 0 Å². The highest BCUT2D eigenvalue weighted by Gasteiger charge is 2.05. The van der Waals surface area contributed by atoms with Crippen molar-refractivity contribution in [2.24, 2.45) is 0 Å². The fourth-order valence-electron chi connectivity index (χ4n) is 2.55. The van der Waals surface area contributed by atoms with Crippen molar-refractivity contribution in [3.05, 3.63) is 72.7 Å². The zero-order chi connectivity index (χ0) is 14.2. The van der Waals surface area contributed by atoms with Gasteiger partial charge in [-0.3, -0.25) is 4.98 Å². The van der Waals surface area contributed by atoms with Gasteiger partial charge in [-0.2, -0.15) is 0 Å². The lowest BCUT2D eigenvalue weighted by Gasteiger charge is -2.06. The maximum Gasteiger partial charge on any atom is 0.123 e. The topological polar surface area (TPSA) is 25.8 Å². The van der Waals surface area contributed by atoms with E-state index in [4.69, 9.17) is 0 Å². The Morgan fingerprint density at radius 3 is 2.33 bits per heavy atom. The minimum absolute atomic E-state index is 0.239. The summed E-state index contributed by atoms with van der Waals surface area (Å²) in [7, 11) is 0. The Morgan fingerprint density at radius 2 is 1.48 bits per heavy atom. The fraction of sp³-hybridized carbons (Fsp3) is 0. The van der Waals surface area contributed by atoms with Crippen molar-refractivity contribution in [3.8, 4) is 11.3 Å². The molecule has 0 unspecified atom stereocenters. The first-order valence-corrected chi connectivity index (χ1v) is 6.72. The van der Waals surface area contributed by atoms with E-state index in [-0.39, 0.29) is 5.82 Å². The fourth-order valence-corrected chi connectivity index (χ4v) is 2.55. The van der Waals surface area contributed by atoms with Crippen LogP contribution in [0.4, 0.5) is 4.39 Å². The second kappa shape index (κ2) is 4.63. The molecule has 0 saturated heterocycles. The summed E-state index contributed by atoms with van der Waals surface area (Å²) in [4.78, 5) is 9.03. The van der Waals surface area contributed by atoms with Crippen LogP contribution < -0.4 is 0 Å². The molecule has 0 fully saturated rings. The molecule has 4 aromatic rings. The van der Waals surface area contributed by atoms with Crippen LogP contribution in [-0.4, -0.2) is 9.97 Å². The first kappa shape index (κ1) is 12.0. The molecule has 2 aromatic carbocycles. The van der Waals surface area contributed by atoms with Crippen LogP contribution in [0.15, 0.2) is 66.9 Å². The molecule has 4 rings (SSSR count). The second-order valence-electron chi connectivity index (χ2n) is 4.91. The first-order valence-electron chi connectivity index (χ1n) is 6.72. The Labute approximate surface area is 120 Å². The Kier molecular flexibility index (Phi) is 2.64. The van der Waals surface area contributed by atoms with E-state index in [9.17, 15) is 4.39 Å². The van der Waals surface area contributed by atoms with Gasteiger partial charge >= 0.3 is 0 Å². The average molecular weight is 274 g/mol. The summed E-state index contributed by atoms with van der Waals surface area (Å²) < 4.78 is 13.0. The van der Waals surface area contributed by atoms with Crippen LogP contribution in [-0.2, 0) is 0 Å². The van der Waals surface area contributed by atoms with Crippen molar-refractivity contribution in [2.45, 2.75) is 0 Å². The van der Waals surface area contributed by atoms with Gasteiger partial charge in [-0.05, 0) is 54.6 Å². The van der Waals surface area contributed by atoms with Gasteiger partial charge in [0, 0.05) is 22.5 Å². The van der Waals surface area contributed by atoms with E-state index in [0.29, 0.717) is 0 Å². The number of benzene rings is 2. The van der Waals surface area contributed by atoms with E-state index < -0.39 is 0 Å². The van der Waals surface area contributed by atoms with Gasteiger partial charge in [-0.15, -0.1) is 0 Å². The molecule has 0 spiro atoms. The van der Waals surface area contributed by atoms with Crippen molar-refractivity contribution in [1.29, 1.82) is 0 Å². The second-order valence-corrected chi connectivity index (χ2v) is 4.91. The summed E-state index contributed by atoms with van der Waals surface area (Å²) in [6.45, 7) is 0. The molecule has 2 aromatic heterocycles. The number of rotatable bonds is 1. The summed E-state index contributed by atoms with van der Waals surface area (Å²) in [6, 6.07) is 18.3. The van der Waals surface area contributed by atoms with Crippen molar-refractivity contribution >= 4 is 21.8 Å². The molecule has 0 saturated carbocycles. The van der Waals surface area contributed by atoms with Gasteiger partial charge in [0.05, 0.1) is 16.7 Å². The Balaban J connectivity index is 1.94. The Hall–Kier alpha value is -2.81. The molecule has 0 aliphatic heterocycles. The zero-order valence-corrected chi connectivity index (χ0v) is 11.1. The van der Waals surface area contributed by atoms with Gasteiger partial charge in [0.25, 0.3) is 0 Å². The van der Waals surface area contributed by atoms with Crippen LogP contribution in [0.25, 0.3) is 33.1 Å². The highest BCUT2D eigenvalue weighted by Crippen LogP contribution is 2.26. The molecule has 0 atom stereocenters. The van der Waals surface area contributed by atoms with Gasteiger partial charge in [-0.25, -0.2) is 9.37 Å². The average Bonchev–Trinajstić information content (AvgIpc) is 2.55. The monoisotopic (exact) mass is 274 g/mol. The Bertz CT molecular complexity index is 946. The minimum atomic E-state index is -0.239. The molecule has 21 heavy (non-hydrogen) atoms. The van der Waals surface area contributed by atoms with Gasteiger partial charge in [0.1, 0.15) is 5.82 Å². The number of fused-ring (bicyclic) bond motifs is 3. The molecule has 2 heterocycles. The van der Waals surface area contributed by atoms with Gasteiger partial charge in [-0.1, -0.05) is 6.07 Å². The summed E-state index contributed by atoms with van der Waals surface area (Å²) in [6.07, 6.45) is 1.79. The third-order valence-electron chi connectivity index (χ3n) is 3.59. The van der Waals surface area contributed by atoms with Crippen LogP contribution >= 0.6 is 0 Å². The van der Waals surface area contributed by atoms with Gasteiger partial charge < -0.3 is 0 Å². The SMILES string of the molecule is Fc1ccc(-c2ccc3c(ccc4ncccc43)n2)cc1. The third kappa shape index (κ3) is 2.03. The number of halogens is 1. The van der Waals surface area contributed by atoms with Crippen molar-refractivity contribution in [3.63, 3.8) is 0 Å². The number of hydrogen-bond donors (Lipinski definition) is 0. The molecular weight excluding hydrogens is 263 g/mol. The molecule has 0 amide bonds. The lowest BCUT2D eigenvalue weighted by Crippen LogP contribution is -1.87. The lowest BCUT2D eigenvalue weighted by molar-refractivity contribution is 0.628. The molecule has 0 N–H and O–H groups in total. The van der Waals surface area contributed by atoms with Crippen LogP contribution in [0.1, 0.15) is 0 Å². The van der Waals surface area contributed by atoms with E-state index in [0.717, 1.165) is 33.1 Å². The lowest BCUT2D eigenvalue weighted by atomic mass is 10.1. The smallest absolute Gasteiger partial charge is 0.123 e. The van der Waals surface area contributed by atoms with E-state index in [2.05, 4.69) is 9.97 Å². The summed E-state index contributed by atoms with van der Waals surface area (Å²) in [5, 5.41) is 2.17. The molecule has 0 radical (unpaired) electrons. The van der Waals surface area contributed by atoms with E-state index >= 15 is 0 Å². The largest absolute Gasteiger partial charge is 0.256 e. The summed E-state index contributed by atoms with van der Waals surface area (Å²) in [5.41, 5.74) is 3.62. The van der Waals surface area contributed by atoms with Crippen LogP contribution in [0.3, 0.4) is 0 Å². The van der Waals surface area contributed by atoms with Gasteiger partial charge in [0.2, 0.25) is 0 Å². The molecule has 0 aliphatic rings. The van der Waals surface area contributed by atoms with Crippen LogP contribution in [0.5, 0.6) is 0 Å². The molecule has 0 aliphatic carbocycles. The number of hydrogen-bond acceptors (Lipinski definition) is 2. The number of nitrogens with zero attached hydrogens (tertiary/aromatic N) is 2. The summed E-state index contributed by atoms with van der Waals surface area (Å²) >= 11 is 0. The quantitative estimate of drug-likeness (QED) is 0.474. The molecular formula is C18H11FN2.